The first-order valence-corrected chi connectivity index (χ1v) is 13.8. The molecule has 0 amide bonds. The molecule has 1 N–H and O–H groups in total. The van der Waals surface area contributed by atoms with Crippen molar-refractivity contribution in [2.24, 2.45) is 5.92 Å². The lowest BCUT2D eigenvalue weighted by molar-refractivity contribution is 0.0973. The third kappa shape index (κ3) is 4.90. The molecule has 1 heterocycles. The number of rotatable bonds is 7. The Morgan fingerprint density at radius 2 is 1.60 bits per heavy atom. The molecule has 1 saturated heterocycles. The molecule has 186 valence electrons. The second-order valence-electron chi connectivity index (χ2n) is 10.9. The van der Waals surface area contributed by atoms with Gasteiger partial charge >= 0.3 is 0 Å². The van der Waals surface area contributed by atoms with Crippen molar-refractivity contribution in [1.29, 1.82) is 0 Å². The molecular formula is C32H40FNO. The number of hydrogen-bond acceptors (Lipinski definition) is 2. The summed E-state index contributed by atoms with van der Waals surface area (Å²) in [4.78, 5) is 0. The van der Waals surface area contributed by atoms with Gasteiger partial charge in [-0.05, 0) is 72.4 Å². The molecule has 5 rings (SSSR count). The molecule has 1 aliphatic carbocycles. The summed E-state index contributed by atoms with van der Waals surface area (Å²) in [5.41, 5.74) is 4.09. The Labute approximate surface area is 210 Å². The van der Waals surface area contributed by atoms with Crippen LogP contribution in [0, 0.1) is 11.7 Å². The maximum absolute atomic E-state index is 15.6. The standard InChI is InChI=1S/C32H40FNO/c1-4-7-22-8-10-23(11-9-22)26-16-18-29-27(20-26)17-19-28(30(29)33)24-12-14-25(15-13-24)31-34-32(5-2,6-3)21-35-31/h12-20,22-23,31,34H,4-11,21H2,1-3H3/t22-,23-,31?. The molecule has 0 spiro atoms. The lowest BCUT2D eigenvalue weighted by Crippen LogP contribution is -2.41. The second kappa shape index (κ2) is 10.4. The highest BCUT2D eigenvalue weighted by atomic mass is 19.1. The minimum absolute atomic E-state index is 0.0570. The molecule has 3 heteroatoms. The highest BCUT2D eigenvalue weighted by molar-refractivity contribution is 5.89. The molecule has 1 unspecified atom stereocenters. The van der Waals surface area contributed by atoms with E-state index >= 15 is 4.39 Å². The van der Waals surface area contributed by atoms with E-state index in [9.17, 15) is 0 Å². The van der Waals surface area contributed by atoms with Crippen LogP contribution in [0.3, 0.4) is 0 Å². The second-order valence-corrected chi connectivity index (χ2v) is 10.9. The van der Waals surface area contributed by atoms with Crippen LogP contribution in [0.5, 0.6) is 0 Å². The van der Waals surface area contributed by atoms with Crippen molar-refractivity contribution in [2.45, 2.75) is 89.8 Å². The lowest BCUT2D eigenvalue weighted by atomic mass is 9.77. The summed E-state index contributed by atoms with van der Waals surface area (Å²) in [5.74, 6) is 1.40. The summed E-state index contributed by atoms with van der Waals surface area (Å²) in [6.45, 7) is 7.42. The Morgan fingerprint density at radius 3 is 2.26 bits per heavy atom. The smallest absolute Gasteiger partial charge is 0.138 e. The van der Waals surface area contributed by atoms with Gasteiger partial charge in [0.25, 0.3) is 0 Å². The van der Waals surface area contributed by atoms with Gasteiger partial charge in [0.15, 0.2) is 0 Å². The molecule has 2 nitrogen and oxygen atoms in total. The molecular weight excluding hydrogens is 433 g/mol. The predicted molar refractivity (Wildman–Crippen MR) is 144 cm³/mol. The van der Waals surface area contributed by atoms with Gasteiger partial charge in [0.1, 0.15) is 12.0 Å². The molecule has 0 bridgehead atoms. The third-order valence-electron chi connectivity index (χ3n) is 8.83. The SMILES string of the molecule is CCC[C@H]1CC[C@H](c2ccc3c(F)c(-c4ccc(C5NC(CC)(CC)CO5)cc4)ccc3c2)CC1. The van der Waals surface area contributed by atoms with Gasteiger partial charge in [0, 0.05) is 16.5 Å². The molecule has 3 aromatic rings. The van der Waals surface area contributed by atoms with Gasteiger partial charge in [0.2, 0.25) is 0 Å². The largest absolute Gasteiger partial charge is 0.357 e. The van der Waals surface area contributed by atoms with E-state index < -0.39 is 0 Å². The first-order valence-electron chi connectivity index (χ1n) is 13.8. The molecule has 35 heavy (non-hydrogen) atoms. The van der Waals surface area contributed by atoms with Crippen LogP contribution in [0.25, 0.3) is 21.9 Å². The topological polar surface area (TPSA) is 21.3 Å². The maximum Gasteiger partial charge on any atom is 0.138 e. The van der Waals surface area contributed by atoms with E-state index in [0.717, 1.165) is 41.9 Å². The van der Waals surface area contributed by atoms with Gasteiger partial charge < -0.3 is 4.74 Å². The van der Waals surface area contributed by atoms with Crippen LogP contribution in [0.2, 0.25) is 0 Å². The van der Waals surface area contributed by atoms with Crippen molar-refractivity contribution < 1.29 is 9.13 Å². The first kappa shape index (κ1) is 24.5. The van der Waals surface area contributed by atoms with Gasteiger partial charge in [0.05, 0.1) is 6.61 Å². The van der Waals surface area contributed by atoms with E-state index in [-0.39, 0.29) is 17.6 Å². The van der Waals surface area contributed by atoms with Crippen molar-refractivity contribution in [1.82, 2.24) is 5.32 Å². The van der Waals surface area contributed by atoms with E-state index in [1.807, 2.05) is 24.3 Å². The predicted octanol–water partition coefficient (Wildman–Crippen LogP) is 8.90. The van der Waals surface area contributed by atoms with E-state index in [2.05, 4.69) is 56.4 Å². The van der Waals surface area contributed by atoms with Crippen molar-refractivity contribution in [3.05, 3.63) is 71.5 Å². The number of halogens is 1. The molecule has 2 fully saturated rings. The molecule has 1 saturated carbocycles. The van der Waals surface area contributed by atoms with E-state index in [1.165, 1.54) is 44.1 Å². The highest BCUT2D eigenvalue weighted by Crippen LogP contribution is 2.39. The van der Waals surface area contributed by atoms with Crippen molar-refractivity contribution in [3.8, 4) is 11.1 Å². The maximum atomic E-state index is 15.6. The quantitative estimate of drug-likeness (QED) is 0.370. The summed E-state index contributed by atoms with van der Waals surface area (Å²) in [5, 5.41) is 5.38. The zero-order valence-electron chi connectivity index (χ0n) is 21.6. The average Bonchev–Trinajstić information content (AvgIpc) is 3.35. The molecule has 0 radical (unpaired) electrons. The van der Waals surface area contributed by atoms with E-state index in [0.29, 0.717) is 16.9 Å². The fourth-order valence-corrected chi connectivity index (χ4v) is 6.26. The lowest BCUT2D eigenvalue weighted by Gasteiger charge is -2.28. The van der Waals surface area contributed by atoms with E-state index in [1.54, 1.807) is 0 Å². The number of fused-ring (bicyclic) bond motifs is 1. The van der Waals surface area contributed by atoms with Crippen molar-refractivity contribution >= 4 is 10.8 Å². The Balaban J connectivity index is 1.33. The van der Waals surface area contributed by atoms with Crippen molar-refractivity contribution in [3.63, 3.8) is 0 Å². The van der Waals surface area contributed by atoms with Crippen LogP contribution in [0.4, 0.5) is 4.39 Å². The van der Waals surface area contributed by atoms with Crippen LogP contribution in [0.15, 0.2) is 54.6 Å². The molecule has 1 aliphatic heterocycles. The Bertz CT molecular complexity index is 1140. The van der Waals surface area contributed by atoms with Crippen LogP contribution >= 0.6 is 0 Å². The number of nitrogens with one attached hydrogen (secondary N) is 1. The van der Waals surface area contributed by atoms with E-state index in [4.69, 9.17) is 4.74 Å². The summed E-state index contributed by atoms with van der Waals surface area (Å²) in [6, 6.07) is 18.6. The Hall–Kier alpha value is -2.23. The molecule has 2 aliphatic rings. The number of benzene rings is 3. The van der Waals surface area contributed by atoms with Gasteiger partial charge in [-0.1, -0.05) is 88.2 Å². The third-order valence-corrected chi connectivity index (χ3v) is 8.83. The summed E-state index contributed by atoms with van der Waals surface area (Å²) in [6.07, 6.45) is 9.84. The van der Waals surface area contributed by atoms with Gasteiger partial charge in [-0.2, -0.15) is 0 Å². The van der Waals surface area contributed by atoms with Crippen molar-refractivity contribution in [2.75, 3.05) is 6.61 Å². The fourth-order valence-electron chi connectivity index (χ4n) is 6.26. The minimum Gasteiger partial charge on any atom is -0.357 e. The molecule has 0 aromatic heterocycles. The summed E-state index contributed by atoms with van der Waals surface area (Å²) in [7, 11) is 0. The minimum atomic E-state index is -0.125. The zero-order chi connectivity index (χ0) is 24.4. The van der Waals surface area contributed by atoms with Crippen LogP contribution in [-0.4, -0.2) is 12.1 Å². The number of ether oxygens (including phenoxy) is 1. The Kier molecular flexibility index (Phi) is 7.27. The van der Waals surface area contributed by atoms with Gasteiger partial charge in [-0.3, -0.25) is 5.32 Å². The monoisotopic (exact) mass is 473 g/mol. The normalized spacial score (nSPS) is 24.2. The fraction of sp³-hybridized carbons (Fsp3) is 0.500. The zero-order valence-corrected chi connectivity index (χ0v) is 21.6. The van der Waals surface area contributed by atoms with Gasteiger partial charge in [-0.15, -0.1) is 0 Å². The molecule has 1 atom stereocenters. The summed E-state index contributed by atoms with van der Waals surface area (Å²) < 4.78 is 21.7. The average molecular weight is 474 g/mol. The van der Waals surface area contributed by atoms with Crippen LogP contribution in [-0.2, 0) is 4.74 Å². The van der Waals surface area contributed by atoms with Crippen LogP contribution < -0.4 is 5.32 Å². The molecule has 3 aromatic carbocycles. The van der Waals surface area contributed by atoms with Crippen LogP contribution in [0.1, 0.15) is 95.4 Å². The highest BCUT2D eigenvalue weighted by Gasteiger charge is 2.36. The first-order chi connectivity index (χ1) is 17.1. The summed E-state index contributed by atoms with van der Waals surface area (Å²) >= 11 is 0. The van der Waals surface area contributed by atoms with Gasteiger partial charge in [-0.25, -0.2) is 4.39 Å². The number of hydrogen-bond donors (Lipinski definition) is 1. The Morgan fingerprint density at radius 1 is 0.886 bits per heavy atom.